The molecule has 0 bridgehead atoms. The van der Waals surface area contributed by atoms with Crippen LogP contribution in [0.3, 0.4) is 0 Å². The van der Waals surface area contributed by atoms with Gasteiger partial charge in [-0.05, 0) is 41.7 Å². The summed E-state index contributed by atoms with van der Waals surface area (Å²) in [6, 6.07) is 16.3. The number of fused-ring (bicyclic) bond motifs is 1. The number of H-pyrrole nitrogens is 1. The molecule has 27 heavy (non-hydrogen) atoms. The zero-order chi connectivity index (χ0) is 18.6. The highest BCUT2D eigenvalue weighted by atomic mass is 79.9. The Labute approximate surface area is 166 Å². The average Bonchev–Trinajstić information content (AvgIpc) is 3.15. The Balaban J connectivity index is 1.67. The van der Waals surface area contributed by atoms with Gasteiger partial charge in [0.2, 0.25) is 0 Å². The van der Waals surface area contributed by atoms with Gasteiger partial charge in [-0.1, -0.05) is 58.4 Å². The molecule has 0 aliphatic carbocycles. The molecule has 1 unspecified atom stereocenters. The number of aromatic nitrogens is 2. The predicted molar refractivity (Wildman–Crippen MR) is 110 cm³/mol. The molecule has 0 saturated carbocycles. The van der Waals surface area contributed by atoms with Gasteiger partial charge >= 0.3 is 0 Å². The lowest BCUT2D eigenvalue weighted by Crippen LogP contribution is -2.35. The first-order valence-electron chi connectivity index (χ1n) is 9.00. The number of imidazole rings is 1. The number of carbonyl (C=O) groups is 1. The van der Waals surface area contributed by atoms with E-state index in [9.17, 15) is 4.79 Å². The van der Waals surface area contributed by atoms with Crippen LogP contribution in [0.5, 0.6) is 0 Å². The molecule has 2 N–H and O–H groups in total. The Hall–Kier alpha value is -2.66. The SMILES string of the molecule is O=C1NC(Cc2ccccc2)CC(=CCc2cnc[nH]2)c2ccc(Br)cc21. The standard InChI is InChI=1S/C22H20BrN3O/c23-17-7-9-20-16(6-8-18-13-24-14-25-18)11-19(26-22(27)21(20)12-17)10-15-4-2-1-3-5-15/h1-7,9,12-14,19H,8,10-11H2,(H,24,25)(H,26,27). The summed E-state index contributed by atoms with van der Waals surface area (Å²) < 4.78 is 0.908. The maximum Gasteiger partial charge on any atom is 0.252 e. The monoisotopic (exact) mass is 421 g/mol. The van der Waals surface area contributed by atoms with E-state index in [2.05, 4.69) is 49.4 Å². The van der Waals surface area contributed by atoms with E-state index in [4.69, 9.17) is 0 Å². The summed E-state index contributed by atoms with van der Waals surface area (Å²) in [6.07, 6.45) is 8.10. The van der Waals surface area contributed by atoms with Crippen molar-refractivity contribution in [2.24, 2.45) is 0 Å². The summed E-state index contributed by atoms with van der Waals surface area (Å²) in [5.41, 5.74) is 5.19. The van der Waals surface area contributed by atoms with Gasteiger partial charge in [0.1, 0.15) is 0 Å². The number of halogens is 1. The second-order valence-corrected chi connectivity index (χ2v) is 7.68. The van der Waals surface area contributed by atoms with Gasteiger partial charge in [-0.2, -0.15) is 0 Å². The molecule has 4 nitrogen and oxygen atoms in total. The van der Waals surface area contributed by atoms with Crippen LogP contribution >= 0.6 is 15.9 Å². The first-order valence-corrected chi connectivity index (χ1v) is 9.79. The lowest BCUT2D eigenvalue weighted by atomic mass is 9.93. The van der Waals surface area contributed by atoms with Crippen molar-refractivity contribution in [2.45, 2.75) is 25.3 Å². The minimum absolute atomic E-state index is 0.0165. The van der Waals surface area contributed by atoms with Crippen molar-refractivity contribution in [3.63, 3.8) is 0 Å². The van der Waals surface area contributed by atoms with Crippen LogP contribution in [-0.2, 0) is 12.8 Å². The quantitative estimate of drug-likeness (QED) is 0.649. The Kier molecular flexibility index (Phi) is 5.21. The molecule has 1 aliphatic heterocycles. The Morgan fingerprint density at radius 2 is 2.00 bits per heavy atom. The highest BCUT2D eigenvalue weighted by Gasteiger charge is 2.25. The number of aromatic amines is 1. The van der Waals surface area contributed by atoms with Crippen LogP contribution in [-0.4, -0.2) is 21.9 Å². The molecule has 0 spiro atoms. The van der Waals surface area contributed by atoms with Gasteiger partial charge in [-0.15, -0.1) is 0 Å². The molecule has 1 aliphatic rings. The second-order valence-electron chi connectivity index (χ2n) is 6.76. The molecule has 0 fully saturated rings. The molecule has 1 atom stereocenters. The van der Waals surface area contributed by atoms with Crippen LogP contribution in [0, 0.1) is 0 Å². The highest BCUT2D eigenvalue weighted by molar-refractivity contribution is 9.10. The molecule has 4 rings (SSSR count). The number of hydrogen-bond acceptors (Lipinski definition) is 2. The third-order valence-corrected chi connectivity index (χ3v) is 5.32. The number of nitrogens with zero attached hydrogens (tertiary/aromatic N) is 1. The summed E-state index contributed by atoms with van der Waals surface area (Å²) in [7, 11) is 0. The second kappa shape index (κ2) is 7.92. The maximum atomic E-state index is 12.9. The van der Waals surface area contributed by atoms with Crippen molar-refractivity contribution in [3.8, 4) is 0 Å². The number of nitrogens with one attached hydrogen (secondary N) is 2. The first kappa shape index (κ1) is 17.7. The lowest BCUT2D eigenvalue weighted by molar-refractivity contribution is 0.0940. The van der Waals surface area contributed by atoms with Crippen molar-refractivity contribution in [1.29, 1.82) is 0 Å². The van der Waals surface area contributed by atoms with Gasteiger partial charge in [-0.25, -0.2) is 4.98 Å². The summed E-state index contributed by atoms with van der Waals surface area (Å²) in [4.78, 5) is 20.1. The summed E-state index contributed by atoms with van der Waals surface area (Å²) in [5, 5.41) is 3.21. The van der Waals surface area contributed by atoms with E-state index >= 15 is 0 Å². The molecule has 5 heteroatoms. The molecule has 2 aromatic carbocycles. The molecule has 2 heterocycles. The van der Waals surface area contributed by atoms with Crippen molar-refractivity contribution < 1.29 is 4.79 Å². The van der Waals surface area contributed by atoms with Gasteiger partial charge in [0.05, 0.1) is 6.33 Å². The number of allylic oxidation sites excluding steroid dienone is 1. The van der Waals surface area contributed by atoms with Gasteiger partial charge in [-0.3, -0.25) is 4.79 Å². The van der Waals surface area contributed by atoms with E-state index < -0.39 is 0 Å². The zero-order valence-electron chi connectivity index (χ0n) is 14.8. The fraction of sp³-hybridized carbons (Fsp3) is 0.182. The van der Waals surface area contributed by atoms with Gasteiger partial charge < -0.3 is 10.3 Å². The first-order chi connectivity index (χ1) is 13.2. The lowest BCUT2D eigenvalue weighted by Gasteiger charge is -2.17. The maximum absolute atomic E-state index is 12.9. The van der Waals surface area contributed by atoms with E-state index in [0.717, 1.165) is 40.6 Å². The topological polar surface area (TPSA) is 57.8 Å². The molecule has 136 valence electrons. The highest BCUT2D eigenvalue weighted by Crippen LogP contribution is 2.30. The number of rotatable bonds is 4. The van der Waals surface area contributed by atoms with Crippen LogP contribution in [0.2, 0.25) is 0 Å². The average molecular weight is 422 g/mol. The summed E-state index contributed by atoms with van der Waals surface area (Å²) in [6.45, 7) is 0. The number of hydrogen-bond donors (Lipinski definition) is 2. The molecule has 0 saturated heterocycles. The van der Waals surface area contributed by atoms with Crippen molar-refractivity contribution in [1.82, 2.24) is 15.3 Å². The predicted octanol–water partition coefficient (Wildman–Crippen LogP) is 4.54. The molecular weight excluding hydrogens is 402 g/mol. The molecular formula is C22H20BrN3O. The van der Waals surface area contributed by atoms with E-state index in [0.29, 0.717) is 0 Å². The molecule has 1 aromatic heterocycles. The third kappa shape index (κ3) is 4.19. The van der Waals surface area contributed by atoms with E-state index in [1.165, 1.54) is 11.1 Å². The van der Waals surface area contributed by atoms with Crippen LogP contribution in [0.1, 0.15) is 33.6 Å². The van der Waals surface area contributed by atoms with Crippen LogP contribution in [0.25, 0.3) is 5.57 Å². The number of benzene rings is 2. The number of carbonyl (C=O) groups excluding carboxylic acids is 1. The van der Waals surface area contributed by atoms with Crippen molar-refractivity contribution in [3.05, 3.63) is 94.0 Å². The summed E-state index contributed by atoms with van der Waals surface area (Å²) >= 11 is 3.49. The molecule has 0 radical (unpaired) electrons. The summed E-state index contributed by atoms with van der Waals surface area (Å²) in [5.74, 6) is -0.0165. The number of amides is 1. The Morgan fingerprint density at radius 1 is 1.15 bits per heavy atom. The largest absolute Gasteiger partial charge is 0.349 e. The van der Waals surface area contributed by atoms with E-state index in [-0.39, 0.29) is 11.9 Å². The third-order valence-electron chi connectivity index (χ3n) is 4.82. The van der Waals surface area contributed by atoms with E-state index in [1.54, 1.807) is 6.33 Å². The van der Waals surface area contributed by atoms with Gasteiger partial charge in [0.25, 0.3) is 5.91 Å². The molecule has 1 amide bonds. The zero-order valence-corrected chi connectivity index (χ0v) is 16.4. The van der Waals surface area contributed by atoms with Crippen LogP contribution in [0.4, 0.5) is 0 Å². The minimum atomic E-state index is -0.0165. The smallest absolute Gasteiger partial charge is 0.252 e. The molecule has 3 aromatic rings. The van der Waals surface area contributed by atoms with Crippen molar-refractivity contribution >= 4 is 27.4 Å². The fourth-order valence-electron chi connectivity index (χ4n) is 3.52. The Bertz CT molecular complexity index is 964. The van der Waals surface area contributed by atoms with Gasteiger partial charge in [0.15, 0.2) is 0 Å². The van der Waals surface area contributed by atoms with Crippen LogP contribution in [0.15, 0.2) is 71.6 Å². The Morgan fingerprint density at radius 3 is 2.78 bits per heavy atom. The fourth-order valence-corrected chi connectivity index (χ4v) is 3.88. The normalized spacial score (nSPS) is 18.0. The van der Waals surface area contributed by atoms with Gasteiger partial charge in [0, 0.05) is 34.4 Å². The van der Waals surface area contributed by atoms with Crippen molar-refractivity contribution in [2.75, 3.05) is 0 Å². The van der Waals surface area contributed by atoms with E-state index in [1.807, 2.05) is 42.6 Å². The van der Waals surface area contributed by atoms with Crippen LogP contribution < -0.4 is 5.32 Å². The minimum Gasteiger partial charge on any atom is -0.349 e.